The summed E-state index contributed by atoms with van der Waals surface area (Å²) in [5, 5.41) is 2.72. The lowest BCUT2D eigenvalue weighted by atomic mass is 10.1. The van der Waals surface area contributed by atoms with Gasteiger partial charge in [-0.3, -0.25) is 9.10 Å². The van der Waals surface area contributed by atoms with Gasteiger partial charge in [0, 0.05) is 5.69 Å². The third kappa shape index (κ3) is 4.79. The van der Waals surface area contributed by atoms with E-state index >= 15 is 0 Å². The minimum absolute atomic E-state index is 0.102. The molecule has 0 radical (unpaired) electrons. The quantitative estimate of drug-likeness (QED) is 0.886. The summed E-state index contributed by atoms with van der Waals surface area (Å²) in [6, 6.07) is 9.66. The Morgan fingerprint density at radius 1 is 1.12 bits per heavy atom. The summed E-state index contributed by atoms with van der Waals surface area (Å²) >= 11 is 0. The summed E-state index contributed by atoms with van der Waals surface area (Å²) in [6.07, 6.45) is 0.985. The van der Waals surface area contributed by atoms with E-state index in [1.54, 1.807) is 12.1 Å². The molecular formula is C18H21FN2O3S. The van der Waals surface area contributed by atoms with Crippen LogP contribution in [-0.4, -0.2) is 26.6 Å². The van der Waals surface area contributed by atoms with Crippen LogP contribution >= 0.6 is 0 Å². The van der Waals surface area contributed by atoms with Gasteiger partial charge < -0.3 is 5.32 Å². The number of benzene rings is 2. The number of aryl methyl sites for hydroxylation is 2. The number of sulfonamides is 1. The van der Waals surface area contributed by atoms with Crippen LogP contribution in [-0.2, 0) is 14.8 Å². The summed E-state index contributed by atoms with van der Waals surface area (Å²) < 4.78 is 38.8. The van der Waals surface area contributed by atoms with Gasteiger partial charge in [-0.2, -0.15) is 0 Å². The fraction of sp³-hybridized carbons (Fsp3) is 0.278. The van der Waals surface area contributed by atoms with E-state index in [1.807, 2.05) is 19.9 Å². The van der Waals surface area contributed by atoms with Crippen molar-refractivity contribution in [3.05, 3.63) is 59.4 Å². The second kappa shape index (κ2) is 7.23. The van der Waals surface area contributed by atoms with Crippen LogP contribution in [0.4, 0.5) is 15.8 Å². The van der Waals surface area contributed by atoms with Crippen molar-refractivity contribution in [3.63, 3.8) is 0 Å². The maximum atomic E-state index is 13.5. The van der Waals surface area contributed by atoms with E-state index in [0.717, 1.165) is 27.8 Å². The Bertz CT molecular complexity index is 877. The number of carbonyl (C=O) groups excluding carboxylic acids is 1. The lowest BCUT2D eigenvalue weighted by Gasteiger charge is -2.28. The first-order valence-electron chi connectivity index (χ1n) is 7.72. The molecular weight excluding hydrogens is 343 g/mol. The summed E-state index contributed by atoms with van der Waals surface area (Å²) in [7, 11) is -3.78. The molecule has 0 bridgehead atoms. The molecule has 1 amide bonds. The van der Waals surface area contributed by atoms with Crippen molar-refractivity contribution in [1.82, 2.24) is 0 Å². The number of nitrogens with one attached hydrogen (secondary N) is 1. The SMILES string of the molecule is Cc1cc(C)cc(NC(=O)[C@H](C)N(c2cccc(F)c2)S(C)(=O)=O)c1. The van der Waals surface area contributed by atoms with Crippen molar-refractivity contribution in [2.75, 3.05) is 15.9 Å². The Balaban J connectivity index is 2.33. The van der Waals surface area contributed by atoms with Crippen LogP contribution in [0, 0.1) is 19.7 Å². The summed E-state index contributed by atoms with van der Waals surface area (Å²) in [6.45, 7) is 5.27. The molecule has 1 atom stereocenters. The Morgan fingerprint density at radius 3 is 2.24 bits per heavy atom. The highest BCUT2D eigenvalue weighted by Crippen LogP contribution is 2.23. The fourth-order valence-corrected chi connectivity index (χ4v) is 3.88. The molecule has 0 aliphatic heterocycles. The van der Waals surface area contributed by atoms with Gasteiger partial charge >= 0.3 is 0 Å². The molecule has 2 aromatic carbocycles. The molecule has 0 heterocycles. The number of carbonyl (C=O) groups is 1. The second-order valence-electron chi connectivity index (χ2n) is 6.08. The Kier molecular flexibility index (Phi) is 5.47. The zero-order valence-electron chi connectivity index (χ0n) is 14.6. The third-order valence-corrected chi connectivity index (χ3v) is 4.88. The number of hydrogen-bond donors (Lipinski definition) is 1. The van der Waals surface area contributed by atoms with E-state index in [2.05, 4.69) is 5.32 Å². The van der Waals surface area contributed by atoms with Crippen molar-refractivity contribution >= 4 is 27.3 Å². The van der Waals surface area contributed by atoms with Crippen LogP contribution in [0.3, 0.4) is 0 Å². The topological polar surface area (TPSA) is 66.5 Å². The van der Waals surface area contributed by atoms with Gasteiger partial charge in [-0.15, -0.1) is 0 Å². The van der Waals surface area contributed by atoms with Crippen LogP contribution in [0.25, 0.3) is 0 Å². The maximum absolute atomic E-state index is 13.5. The molecule has 0 fully saturated rings. The van der Waals surface area contributed by atoms with Crippen LogP contribution in [0.2, 0.25) is 0 Å². The van der Waals surface area contributed by atoms with Gasteiger partial charge in [-0.1, -0.05) is 12.1 Å². The highest BCUT2D eigenvalue weighted by atomic mass is 32.2. The highest BCUT2D eigenvalue weighted by molar-refractivity contribution is 7.92. The molecule has 2 aromatic rings. The van der Waals surface area contributed by atoms with Crippen molar-refractivity contribution in [2.45, 2.75) is 26.8 Å². The van der Waals surface area contributed by atoms with E-state index in [1.165, 1.54) is 25.1 Å². The monoisotopic (exact) mass is 364 g/mol. The van der Waals surface area contributed by atoms with Crippen molar-refractivity contribution in [3.8, 4) is 0 Å². The average molecular weight is 364 g/mol. The van der Waals surface area contributed by atoms with Crippen molar-refractivity contribution < 1.29 is 17.6 Å². The molecule has 0 saturated heterocycles. The molecule has 0 saturated carbocycles. The standard InChI is InChI=1S/C18H21FN2O3S/c1-12-8-13(2)10-16(9-12)20-18(22)14(3)21(25(4,23)24)17-7-5-6-15(19)11-17/h5-11,14H,1-4H3,(H,20,22)/t14-/m0/s1. The average Bonchev–Trinajstić information content (AvgIpc) is 2.44. The van der Waals surface area contributed by atoms with Gasteiger partial charge in [0.05, 0.1) is 11.9 Å². The van der Waals surface area contributed by atoms with Gasteiger partial charge in [-0.05, 0) is 62.2 Å². The number of halogens is 1. The number of hydrogen-bond acceptors (Lipinski definition) is 3. The Labute approximate surface area is 147 Å². The van der Waals surface area contributed by atoms with Gasteiger partial charge in [0.2, 0.25) is 15.9 Å². The van der Waals surface area contributed by atoms with Crippen LogP contribution in [0.1, 0.15) is 18.1 Å². The van der Waals surface area contributed by atoms with Gasteiger partial charge in [0.25, 0.3) is 0 Å². The fourth-order valence-electron chi connectivity index (χ4n) is 2.72. The number of nitrogens with zero attached hydrogens (tertiary/aromatic N) is 1. The first-order valence-corrected chi connectivity index (χ1v) is 9.57. The zero-order valence-corrected chi connectivity index (χ0v) is 15.4. The number of rotatable bonds is 5. The smallest absolute Gasteiger partial charge is 0.247 e. The summed E-state index contributed by atoms with van der Waals surface area (Å²) in [5.74, 6) is -1.08. The van der Waals surface area contributed by atoms with E-state index in [0.29, 0.717) is 5.69 Å². The summed E-state index contributed by atoms with van der Waals surface area (Å²) in [5.41, 5.74) is 2.65. The normalized spacial score (nSPS) is 12.5. The number of amides is 1. The maximum Gasteiger partial charge on any atom is 0.247 e. The van der Waals surface area contributed by atoms with Crippen LogP contribution in [0.15, 0.2) is 42.5 Å². The van der Waals surface area contributed by atoms with Gasteiger partial charge in [0.15, 0.2) is 0 Å². The zero-order chi connectivity index (χ0) is 18.8. The molecule has 0 spiro atoms. The van der Waals surface area contributed by atoms with E-state index in [-0.39, 0.29) is 5.69 Å². The second-order valence-corrected chi connectivity index (χ2v) is 7.94. The lowest BCUT2D eigenvalue weighted by molar-refractivity contribution is -0.116. The van der Waals surface area contributed by atoms with Crippen LogP contribution < -0.4 is 9.62 Å². The van der Waals surface area contributed by atoms with E-state index < -0.39 is 27.8 Å². The molecule has 0 aliphatic rings. The van der Waals surface area contributed by atoms with E-state index in [9.17, 15) is 17.6 Å². The number of anilines is 2. The molecule has 2 rings (SSSR count). The van der Waals surface area contributed by atoms with Gasteiger partial charge in [0.1, 0.15) is 11.9 Å². The largest absolute Gasteiger partial charge is 0.324 e. The predicted octanol–water partition coefficient (Wildman–Crippen LogP) is 3.24. The summed E-state index contributed by atoms with van der Waals surface area (Å²) in [4.78, 5) is 12.6. The van der Waals surface area contributed by atoms with Crippen molar-refractivity contribution in [2.24, 2.45) is 0 Å². The Hall–Kier alpha value is -2.41. The first kappa shape index (κ1) is 18.9. The predicted molar refractivity (Wildman–Crippen MR) is 97.7 cm³/mol. The molecule has 25 heavy (non-hydrogen) atoms. The lowest BCUT2D eigenvalue weighted by Crippen LogP contribution is -2.45. The van der Waals surface area contributed by atoms with E-state index in [4.69, 9.17) is 0 Å². The molecule has 0 unspecified atom stereocenters. The molecule has 1 N–H and O–H groups in total. The molecule has 7 heteroatoms. The highest BCUT2D eigenvalue weighted by Gasteiger charge is 2.29. The molecule has 0 aromatic heterocycles. The minimum atomic E-state index is -3.78. The first-order chi connectivity index (χ1) is 11.6. The van der Waals surface area contributed by atoms with Crippen LogP contribution in [0.5, 0.6) is 0 Å². The minimum Gasteiger partial charge on any atom is -0.324 e. The molecule has 5 nitrogen and oxygen atoms in total. The van der Waals surface area contributed by atoms with Gasteiger partial charge in [-0.25, -0.2) is 12.8 Å². The Morgan fingerprint density at radius 2 is 1.72 bits per heavy atom. The third-order valence-electron chi connectivity index (χ3n) is 3.64. The van der Waals surface area contributed by atoms with Crippen molar-refractivity contribution in [1.29, 1.82) is 0 Å². The molecule has 0 aliphatic carbocycles. The molecule has 134 valence electrons.